The molecular weight excluding hydrogens is 592 g/mol. The Balaban J connectivity index is 1.56. The van der Waals surface area contributed by atoms with Gasteiger partial charge in [-0.15, -0.1) is 0 Å². The Morgan fingerprint density at radius 2 is 1.39 bits per heavy atom. The van der Waals surface area contributed by atoms with Gasteiger partial charge in [-0.1, -0.05) is 17.7 Å². The molecule has 2 aliphatic rings. The SMILES string of the molecule is COc1cc2c(cc1OC)N(Cc1cc(OC)c(OC)c(OC)c1)C(=O)[C@@H]1C[C@@H](OS(=O)(=O)c3ccc(C)cc3)CN1C2=O. The summed E-state index contributed by atoms with van der Waals surface area (Å²) in [6.45, 7) is 1.76. The van der Waals surface area contributed by atoms with Crippen LogP contribution in [-0.2, 0) is 25.6 Å². The first-order valence-electron chi connectivity index (χ1n) is 13.7. The molecule has 0 aliphatic carbocycles. The van der Waals surface area contributed by atoms with Crippen molar-refractivity contribution in [2.24, 2.45) is 0 Å². The van der Waals surface area contributed by atoms with E-state index in [-0.39, 0.29) is 30.0 Å². The second kappa shape index (κ2) is 12.2. The summed E-state index contributed by atoms with van der Waals surface area (Å²) in [5.74, 6) is 0.915. The van der Waals surface area contributed by atoms with Gasteiger partial charge in [0.2, 0.25) is 11.7 Å². The van der Waals surface area contributed by atoms with Gasteiger partial charge >= 0.3 is 0 Å². The Labute approximate surface area is 256 Å². The Morgan fingerprint density at radius 1 is 0.795 bits per heavy atom. The summed E-state index contributed by atoms with van der Waals surface area (Å²) in [6.07, 6.45) is -0.965. The maximum atomic E-state index is 14.3. The van der Waals surface area contributed by atoms with Gasteiger partial charge in [0, 0.05) is 19.0 Å². The van der Waals surface area contributed by atoms with Gasteiger partial charge in [-0.2, -0.15) is 8.42 Å². The van der Waals surface area contributed by atoms with Crippen LogP contribution in [0.1, 0.15) is 27.9 Å². The van der Waals surface area contributed by atoms with Crippen molar-refractivity contribution in [3.63, 3.8) is 0 Å². The maximum absolute atomic E-state index is 14.3. The maximum Gasteiger partial charge on any atom is 0.297 e. The van der Waals surface area contributed by atoms with Crippen molar-refractivity contribution in [1.29, 1.82) is 0 Å². The molecule has 0 radical (unpaired) electrons. The fourth-order valence-corrected chi connectivity index (χ4v) is 6.63. The number of aryl methyl sites for hydroxylation is 1. The number of hydrogen-bond acceptors (Lipinski definition) is 10. The molecule has 5 rings (SSSR count). The van der Waals surface area contributed by atoms with Crippen molar-refractivity contribution in [2.75, 3.05) is 47.0 Å². The third-order valence-electron chi connectivity index (χ3n) is 7.74. The van der Waals surface area contributed by atoms with Crippen molar-refractivity contribution >= 4 is 27.6 Å². The number of methoxy groups -OCH3 is 5. The highest BCUT2D eigenvalue weighted by molar-refractivity contribution is 7.86. The van der Waals surface area contributed by atoms with E-state index in [1.165, 1.54) is 63.5 Å². The number of ether oxygens (including phenoxy) is 5. The van der Waals surface area contributed by atoms with Crippen LogP contribution in [0.2, 0.25) is 0 Å². The van der Waals surface area contributed by atoms with Crippen molar-refractivity contribution in [3.05, 3.63) is 65.2 Å². The molecule has 44 heavy (non-hydrogen) atoms. The number of hydrogen-bond donors (Lipinski definition) is 0. The summed E-state index contributed by atoms with van der Waals surface area (Å²) in [4.78, 5) is 31.2. The highest BCUT2D eigenvalue weighted by Crippen LogP contribution is 2.43. The van der Waals surface area contributed by atoms with Crippen molar-refractivity contribution in [2.45, 2.75) is 36.9 Å². The second-order valence-electron chi connectivity index (χ2n) is 10.4. The van der Waals surface area contributed by atoms with E-state index in [9.17, 15) is 18.0 Å². The van der Waals surface area contributed by atoms with E-state index < -0.39 is 34.1 Å². The zero-order valence-electron chi connectivity index (χ0n) is 25.3. The first-order valence-corrected chi connectivity index (χ1v) is 15.1. The molecule has 2 amide bonds. The van der Waals surface area contributed by atoms with Crippen molar-refractivity contribution < 1.29 is 45.9 Å². The molecule has 13 heteroatoms. The van der Waals surface area contributed by atoms with E-state index in [2.05, 4.69) is 0 Å². The van der Waals surface area contributed by atoms with Gasteiger partial charge in [0.05, 0.1) is 64.3 Å². The van der Waals surface area contributed by atoms with Crippen molar-refractivity contribution in [1.82, 2.24) is 4.90 Å². The highest BCUT2D eigenvalue weighted by atomic mass is 32.2. The summed E-state index contributed by atoms with van der Waals surface area (Å²) in [5, 5.41) is 0. The summed E-state index contributed by atoms with van der Waals surface area (Å²) in [6, 6.07) is 11.8. The van der Waals surface area contributed by atoms with Crippen LogP contribution < -0.4 is 28.6 Å². The molecule has 3 aromatic rings. The van der Waals surface area contributed by atoms with Crippen LogP contribution in [0, 0.1) is 6.92 Å². The third kappa shape index (κ3) is 5.60. The average Bonchev–Trinajstić information content (AvgIpc) is 3.42. The minimum Gasteiger partial charge on any atom is -0.493 e. The van der Waals surface area contributed by atoms with Gasteiger partial charge < -0.3 is 33.5 Å². The van der Waals surface area contributed by atoms with Gasteiger partial charge in [-0.05, 0) is 42.8 Å². The standard InChI is InChI=1S/C31H34N2O10S/c1-18-7-9-21(10-8-18)44(36,37)43-20-13-24-31(35)32(16-19-11-27(40-4)29(42-6)28(12-19)41-5)23-15-26(39-3)25(38-2)14-22(23)30(34)33(24)17-20/h7-12,14-15,20,24H,13,16-17H2,1-6H3/t20-,24+/m1/s1. The molecule has 3 aromatic carbocycles. The fraction of sp³-hybridized carbons (Fsp3) is 0.355. The minimum atomic E-state index is -4.15. The molecule has 0 N–H and O–H groups in total. The second-order valence-corrected chi connectivity index (χ2v) is 11.9. The quantitative estimate of drug-likeness (QED) is 0.308. The Hall–Kier alpha value is -4.49. The molecule has 234 valence electrons. The number of rotatable bonds is 10. The van der Waals surface area contributed by atoms with E-state index >= 15 is 0 Å². The summed E-state index contributed by atoms with van der Waals surface area (Å²) in [5.41, 5.74) is 2.02. The van der Waals surface area contributed by atoms with E-state index in [0.717, 1.165) is 5.56 Å². The monoisotopic (exact) mass is 626 g/mol. The van der Waals surface area contributed by atoms with Crippen LogP contribution in [0.25, 0.3) is 0 Å². The Kier molecular flexibility index (Phi) is 8.62. The number of nitrogens with zero attached hydrogens (tertiary/aromatic N) is 2. The van der Waals surface area contributed by atoms with Gasteiger partial charge in [-0.25, -0.2) is 0 Å². The Morgan fingerprint density at radius 3 is 1.95 bits per heavy atom. The number of benzene rings is 3. The summed E-state index contributed by atoms with van der Waals surface area (Å²) < 4.78 is 59.2. The van der Waals surface area contributed by atoms with Crippen LogP contribution in [0.15, 0.2) is 53.4 Å². The van der Waals surface area contributed by atoms with Crippen LogP contribution in [0.4, 0.5) is 5.69 Å². The molecule has 0 unspecified atom stereocenters. The van der Waals surface area contributed by atoms with Gasteiger partial charge in [0.1, 0.15) is 6.04 Å². The zero-order chi connectivity index (χ0) is 31.8. The lowest BCUT2D eigenvalue weighted by Gasteiger charge is -2.27. The molecular formula is C31H34N2O10S. The van der Waals surface area contributed by atoms with Crippen LogP contribution >= 0.6 is 0 Å². The predicted octanol–water partition coefficient (Wildman–Crippen LogP) is 3.57. The molecule has 2 atom stereocenters. The first kappa shape index (κ1) is 31.0. The van der Waals surface area contributed by atoms with E-state index in [1.807, 2.05) is 6.92 Å². The number of carbonyl (C=O) groups is 2. The van der Waals surface area contributed by atoms with E-state index in [1.54, 1.807) is 30.3 Å². The lowest BCUT2D eigenvalue weighted by atomic mass is 10.1. The molecule has 0 spiro atoms. The smallest absolute Gasteiger partial charge is 0.297 e. The molecule has 2 aliphatic heterocycles. The van der Waals surface area contributed by atoms with E-state index in [4.69, 9.17) is 27.9 Å². The molecule has 1 fully saturated rings. The number of fused-ring (bicyclic) bond motifs is 2. The average molecular weight is 627 g/mol. The number of amides is 2. The van der Waals surface area contributed by atoms with Crippen LogP contribution in [0.5, 0.6) is 28.7 Å². The third-order valence-corrected chi connectivity index (χ3v) is 9.11. The molecule has 0 aromatic heterocycles. The number of carbonyl (C=O) groups excluding carboxylic acids is 2. The first-order chi connectivity index (χ1) is 21.0. The topological polar surface area (TPSA) is 130 Å². The van der Waals surface area contributed by atoms with Crippen LogP contribution in [-0.4, -0.2) is 79.4 Å². The molecule has 2 heterocycles. The number of anilines is 1. The normalized spacial score (nSPS) is 18.0. The summed E-state index contributed by atoms with van der Waals surface area (Å²) in [7, 11) is 3.23. The molecule has 1 saturated heterocycles. The molecule has 12 nitrogen and oxygen atoms in total. The fourth-order valence-electron chi connectivity index (χ4n) is 5.55. The highest BCUT2D eigenvalue weighted by Gasteiger charge is 2.47. The molecule has 0 saturated carbocycles. The summed E-state index contributed by atoms with van der Waals surface area (Å²) >= 11 is 0. The van der Waals surface area contributed by atoms with Crippen molar-refractivity contribution in [3.8, 4) is 28.7 Å². The Bertz CT molecular complexity index is 1670. The van der Waals surface area contributed by atoms with Gasteiger partial charge in [-0.3, -0.25) is 13.8 Å². The molecule has 0 bridgehead atoms. The minimum absolute atomic E-state index is 0.00551. The van der Waals surface area contributed by atoms with Gasteiger partial charge in [0.25, 0.3) is 16.0 Å². The van der Waals surface area contributed by atoms with E-state index in [0.29, 0.717) is 40.0 Å². The lowest BCUT2D eigenvalue weighted by molar-refractivity contribution is -0.122. The van der Waals surface area contributed by atoms with Crippen LogP contribution in [0.3, 0.4) is 0 Å². The predicted molar refractivity (Wildman–Crippen MR) is 160 cm³/mol. The van der Waals surface area contributed by atoms with Gasteiger partial charge in [0.15, 0.2) is 23.0 Å². The largest absolute Gasteiger partial charge is 0.493 e. The zero-order valence-corrected chi connectivity index (χ0v) is 26.1. The lowest BCUT2D eigenvalue weighted by Crippen LogP contribution is -2.44.